The second kappa shape index (κ2) is 10.1. The quantitative estimate of drug-likeness (QED) is 0.306. The van der Waals surface area contributed by atoms with Crippen molar-refractivity contribution >= 4 is 102 Å². The van der Waals surface area contributed by atoms with Crippen LogP contribution in [0.15, 0.2) is 0 Å². The van der Waals surface area contributed by atoms with E-state index in [0.29, 0.717) is 0 Å². The van der Waals surface area contributed by atoms with Gasteiger partial charge in [0.25, 0.3) is 0 Å². The first kappa shape index (κ1) is 22.5. The first-order valence-electron chi connectivity index (χ1n) is 0.894. The average Bonchev–Trinajstić information content (AvgIpc) is 0.722. The Morgan fingerprint density at radius 3 is 0.875 bits per heavy atom. The molecule has 0 amide bonds. The molecule has 0 aliphatic heterocycles. The Morgan fingerprint density at radius 2 is 0.875 bits per heavy atom. The van der Waals surface area contributed by atoms with Crippen LogP contribution in [-0.2, 0) is 0 Å². The van der Waals surface area contributed by atoms with E-state index in [1.165, 1.54) is 0 Å². The Bertz CT molecular complexity index is 40.5. The third-order valence-electron chi connectivity index (χ3n) is 0. The molecule has 46 valence electrons. The van der Waals surface area contributed by atoms with Crippen LogP contribution < -0.4 is 0 Å². The molecule has 0 saturated carbocycles. The second-order valence-corrected chi connectivity index (χ2v) is 1.80. The Balaban J connectivity index is -0.00000000381. The molecule has 0 unspecified atom stereocenters. The van der Waals surface area contributed by atoms with Crippen LogP contribution in [0, 0.1) is 0 Å². The van der Waals surface area contributed by atoms with Gasteiger partial charge in [-0.05, 0) is 0 Å². The summed E-state index contributed by atoms with van der Waals surface area (Å²) < 4.78 is 0. The van der Waals surface area contributed by atoms with Crippen LogP contribution in [0.1, 0.15) is 5.71 Å². The van der Waals surface area contributed by atoms with Crippen LogP contribution in [0.25, 0.3) is 0 Å². The van der Waals surface area contributed by atoms with Crippen LogP contribution in [0.3, 0.4) is 0 Å². The summed E-state index contributed by atoms with van der Waals surface area (Å²) in [4.78, 5) is 29.3. The van der Waals surface area contributed by atoms with Crippen molar-refractivity contribution in [3.63, 3.8) is 0 Å². The summed E-state index contributed by atoms with van der Waals surface area (Å²) in [6.07, 6.45) is 0. The standard InChI is InChI=1S/Al.2Ca.H4O4Si.7H/c;;;1-5(2,3)4;;;;;;;/h;;;1-4H;;;;;;;/q;2*+2;;;;;4*-1. The van der Waals surface area contributed by atoms with Gasteiger partial charge in [-0.15, -0.1) is 0 Å². The van der Waals surface area contributed by atoms with Gasteiger partial charge in [0.05, 0.1) is 0 Å². The second-order valence-electron chi connectivity index (χ2n) is 0.600. The summed E-state index contributed by atoms with van der Waals surface area (Å²) in [5.41, 5.74) is 0. The van der Waals surface area contributed by atoms with Crippen molar-refractivity contribution in [2.24, 2.45) is 0 Å². The summed E-state index contributed by atoms with van der Waals surface area (Å²) in [5.74, 6) is 0. The molecular weight excluding hydrogens is 199 g/mol. The molecule has 4 nitrogen and oxygen atoms in total. The van der Waals surface area contributed by atoms with Crippen molar-refractivity contribution < 1.29 is 24.9 Å². The van der Waals surface area contributed by atoms with E-state index in [4.69, 9.17) is 19.2 Å². The van der Waals surface area contributed by atoms with E-state index in [1.807, 2.05) is 0 Å². The molecule has 0 aromatic heterocycles. The minimum Gasteiger partial charge on any atom is -1.00 e. The third kappa shape index (κ3) is 62.0. The molecule has 0 spiro atoms. The average molecular weight is 210 g/mol. The molecule has 0 heterocycles. The molecule has 0 aliphatic carbocycles. The number of hydrogen-bond donors (Lipinski definition) is 4. The molecule has 0 aromatic carbocycles. The Labute approximate surface area is 124 Å². The van der Waals surface area contributed by atoms with Crippen molar-refractivity contribution in [1.29, 1.82) is 0 Å². The van der Waals surface area contributed by atoms with E-state index in [-0.39, 0.29) is 98.5 Å². The van der Waals surface area contributed by atoms with Crippen molar-refractivity contribution in [3.05, 3.63) is 0 Å². The largest absolute Gasteiger partial charge is 2.00 e. The molecule has 0 aromatic rings. The van der Waals surface area contributed by atoms with E-state index in [2.05, 4.69) is 0 Å². The van der Waals surface area contributed by atoms with Gasteiger partial charge in [-0.2, -0.15) is 0 Å². The minimum absolute atomic E-state index is 0. The summed E-state index contributed by atoms with van der Waals surface area (Å²) in [6.45, 7) is 0. The van der Waals surface area contributed by atoms with Gasteiger partial charge >= 0.3 is 84.5 Å². The number of rotatable bonds is 0. The fourth-order valence-corrected chi connectivity index (χ4v) is 0. The van der Waals surface area contributed by atoms with Crippen molar-refractivity contribution in [2.45, 2.75) is 0 Å². The predicted octanol–water partition coefficient (Wildman–Crippen LogP) is -4.10. The summed E-state index contributed by atoms with van der Waals surface area (Å²) in [6, 6.07) is 0. The van der Waals surface area contributed by atoms with E-state index >= 15 is 0 Å². The summed E-state index contributed by atoms with van der Waals surface area (Å²) in [5, 5.41) is 0. The molecule has 0 aliphatic rings. The van der Waals surface area contributed by atoms with Crippen LogP contribution in [0.5, 0.6) is 0 Å². The fourth-order valence-electron chi connectivity index (χ4n) is 0. The zero-order valence-corrected chi connectivity index (χ0v) is 9.12. The van der Waals surface area contributed by atoms with Crippen LogP contribution in [-0.4, -0.2) is 121 Å². The van der Waals surface area contributed by atoms with Gasteiger partial charge in [-0.3, -0.25) is 0 Å². The van der Waals surface area contributed by atoms with Crippen LogP contribution >= 0.6 is 0 Å². The molecule has 0 bridgehead atoms. The van der Waals surface area contributed by atoms with E-state index in [0.717, 1.165) is 0 Å². The van der Waals surface area contributed by atoms with Gasteiger partial charge in [0.1, 0.15) is 0 Å². The van der Waals surface area contributed by atoms with Gasteiger partial charge in [0.15, 0.2) is 17.4 Å². The summed E-state index contributed by atoms with van der Waals surface area (Å²) in [7, 11) is -4.61. The van der Waals surface area contributed by atoms with E-state index < -0.39 is 9.05 Å². The van der Waals surface area contributed by atoms with E-state index in [1.54, 1.807) is 0 Å². The molecule has 4 N–H and O–H groups in total. The van der Waals surface area contributed by atoms with Gasteiger partial charge in [-0.1, -0.05) is 0 Å². The topological polar surface area (TPSA) is 80.9 Å². The first-order valence-corrected chi connectivity index (χ1v) is 2.68. The molecule has 0 fully saturated rings. The summed E-state index contributed by atoms with van der Waals surface area (Å²) >= 11 is 0. The maximum Gasteiger partial charge on any atom is 2.00 e. The molecule has 8 heavy (non-hydrogen) atoms. The van der Waals surface area contributed by atoms with Gasteiger partial charge < -0.3 is 24.9 Å². The van der Waals surface area contributed by atoms with Crippen molar-refractivity contribution in [1.82, 2.24) is 0 Å². The van der Waals surface area contributed by atoms with Crippen molar-refractivity contribution in [3.8, 4) is 0 Å². The zero-order valence-electron chi connectivity index (χ0n) is 7.70. The molecule has 0 rings (SSSR count). The maximum atomic E-state index is 7.33. The normalized spacial score (nSPS) is 7.50. The number of hydrogen-bond acceptors (Lipinski definition) is 4. The first-order chi connectivity index (χ1) is 2.00. The third-order valence-corrected chi connectivity index (χ3v) is 0. The Morgan fingerprint density at radius 1 is 0.875 bits per heavy atom. The Hall–Kier alpha value is 3.11. The molecular formula is H11AlCa2O4Si. The molecule has 8 heteroatoms. The van der Waals surface area contributed by atoms with Gasteiger partial charge in [-0.25, -0.2) is 0 Å². The van der Waals surface area contributed by atoms with Crippen LogP contribution in [0.4, 0.5) is 0 Å². The maximum absolute atomic E-state index is 7.33. The minimum atomic E-state index is -4.61. The van der Waals surface area contributed by atoms with Gasteiger partial charge in [0.2, 0.25) is 0 Å². The molecule has 0 atom stereocenters. The predicted molar refractivity (Wildman–Crippen MR) is 40.5 cm³/mol. The zero-order chi connectivity index (χ0) is 4.50. The van der Waals surface area contributed by atoms with Crippen LogP contribution in [0.2, 0.25) is 0 Å². The SMILES string of the molecule is O[Si](O)(O)O.[AlH3].[Ca+2].[Ca+2].[H-].[H-].[H-].[H-]. The van der Waals surface area contributed by atoms with Crippen molar-refractivity contribution in [2.75, 3.05) is 0 Å². The van der Waals surface area contributed by atoms with Gasteiger partial charge in [0, 0.05) is 0 Å². The smallest absolute Gasteiger partial charge is 1.00 e. The fraction of sp³-hybridized carbons (Fsp3) is 0. The van der Waals surface area contributed by atoms with E-state index in [9.17, 15) is 0 Å². The molecule has 0 radical (unpaired) electrons. The Kier molecular flexibility index (Phi) is 28.4. The molecule has 0 saturated heterocycles. The monoisotopic (exact) mass is 210 g/mol.